The van der Waals surface area contributed by atoms with Crippen molar-refractivity contribution in [1.29, 1.82) is 0 Å². The Morgan fingerprint density at radius 1 is 0.759 bits per heavy atom. The average molecular weight is 1150 g/mol. The highest BCUT2D eigenvalue weighted by Gasteiger charge is 2.66. The predicted octanol–water partition coefficient (Wildman–Crippen LogP) is 11.9. The molecule has 0 bridgehead atoms. The number of aromatic carboxylic acids is 1. The fourth-order valence-corrected chi connectivity index (χ4v) is 16.1. The molecule has 2 aromatic carbocycles. The van der Waals surface area contributed by atoms with Gasteiger partial charge in [-0.25, -0.2) is 4.79 Å². The number of phenolic OH excluding ortho intramolecular Hbond substituents is 1. The number of carbonyl (C=O) groups is 3. The molecule has 2 amide bonds. The molecular weight excluding hydrogens is 1050 g/mol. The largest absolute Gasteiger partial charge is 0.508 e. The summed E-state index contributed by atoms with van der Waals surface area (Å²) in [6.07, 6.45) is 22.7. The Morgan fingerprint density at radius 3 is 2.23 bits per heavy atom. The van der Waals surface area contributed by atoms with Gasteiger partial charge >= 0.3 is 5.97 Å². The third-order valence-electron chi connectivity index (χ3n) is 20.5. The fraction of sp³-hybridized carbons (Fsp3) is 0.676. The monoisotopic (exact) mass is 1150 g/mol. The molecule has 1 heterocycles. The van der Waals surface area contributed by atoms with Crippen LogP contribution in [0.25, 0.3) is 33.4 Å². The molecule has 4 fully saturated rings. The van der Waals surface area contributed by atoms with Crippen LogP contribution in [0.3, 0.4) is 0 Å². The number of nitrogens with zero attached hydrogens (tertiary/aromatic N) is 1. The van der Waals surface area contributed by atoms with Crippen molar-refractivity contribution in [3.63, 3.8) is 0 Å². The van der Waals surface area contributed by atoms with Crippen molar-refractivity contribution in [3.05, 3.63) is 75.9 Å². The van der Waals surface area contributed by atoms with Crippen molar-refractivity contribution in [2.24, 2.45) is 63.5 Å². The van der Waals surface area contributed by atoms with E-state index in [0.29, 0.717) is 116 Å². The van der Waals surface area contributed by atoms with E-state index < -0.39 is 11.9 Å². The van der Waals surface area contributed by atoms with Crippen LogP contribution in [0.15, 0.2) is 63.8 Å². The number of nitrogens with two attached hydrogens (primary N) is 3. The van der Waals surface area contributed by atoms with E-state index >= 15 is 0 Å². The molecule has 15 nitrogen and oxygen atoms in total. The van der Waals surface area contributed by atoms with Gasteiger partial charge in [-0.05, 0) is 199 Å². The molecule has 2 aromatic rings. The first-order valence-electron chi connectivity index (χ1n) is 32.2. The van der Waals surface area contributed by atoms with E-state index in [0.717, 1.165) is 96.7 Å². The van der Waals surface area contributed by atoms with Gasteiger partial charge in [0, 0.05) is 85.5 Å². The Labute approximate surface area is 494 Å². The number of hydrogen-bond donors (Lipinski definition) is 6. The zero-order chi connectivity index (χ0) is 59.1. The number of carboxylic acids is 1. The maximum atomic E-state index is 14.2. The number of rotatable bonds is 33. The second kappa shape index (κ2) is 30.4. The van der Waals surface area contributed by atoms with Crippen molar-refractivity contribution in [3.8, 4) is 28.2 Å². The van der Waals surface area contributed by atoms with Gasteiger partial charge in [-0.1, -0.05) is 72.3 Å². The Kier molecular flexibility index (Phi) is 23.5. The van der Waals surface area contributed by atoms with E-state index in [1.165, 1.54) is 75.3 Å². The maximum absolute atomic E-state index is 14.2. The lowest BCUT2D eigenvalue weighted by molar-refractivity contribution is -0.227. The minimum Gasteiger partial charge on any atom is -0.508 e. The molecule has 1 aliphatic heterocycles. The van der Waals surface area contributed by atoms with Crippen molar-refractivity contribution < 1.29 is 43.2 Å². The lowest BCUT2D eigenvalue weighted by atomic mass is 9.43. The summed E-state index contributed by atoms with van der Waals surface area (Å²) in [5.74, 6) is 1.79. The lowest BCUT2D eigenvalue weighted by Gasteiger charge is -2.65. The topological polar surface area (TPSA) is 243 Å². The fourth-order valence-electron chi connectivity index (χ4n) is 16.1. The van der Waals surface area contributed by atoms with Gasteiger partial charge in [0.2, 0.25) is 5.91 Å². The number of amides is 2. The Balaban J connectivity index is 0.877. The van der Waals surface area contributed by atoms with Crippen molar-refractivity contribution in [2.75, 3.05) is 59.1 Å². The van der Waals surface area contributed by atoms with E-state index in [9.17, 15) is 29.4 Å². The second-order valence-electron chi connectivity index (χ2n) is 25.7. The smallest absolute Gasteiger partial charge is 0.336 e. The summed E-state index contributed by atoms with van der Waals surface area (Å²) in [6, 6.07) is 13.4. The van der Waals surface area contributed by atoms with Crippen molar-refractivity contribution in [2.45, 2.75) is 187 Å². The summed E-state index contributed by atoms with van der Waals surface area (Å²) in [5, 5.41) is 24.2. The molecule has 4 saturated carbocycles. The van der Waals surface area contributed by atoms with Crippen LogP contribution in [0.1, 0.15) is 190 Å². The average Bonchev–Trinajstić information content (AvgIpc) is 2.25. The highest BCUT2D eigenvalue weighted by Crippen LogP contribution is 2.69. The number of benzene rings is 3. The number of phenols is 1. The van der Waals surface area contributed by atoms with Crippen LogP contribution in [-0.2, 0) is 19.0 Å². The standard InChI is InChI=1S/C68H101N5O10/c1-5-6-7-8-9-13-34-73(62(76)19-11-10-12-33-72-65(77)46-20-23-51(54(39-46)66(78)79)63-52-24-21-48(74)42-58(52)83-59-43-49(75)22-25-53(59)63)35-14-18-45(2)55-26-27-56-64-57(44-61(68(55,56)4)82-38-17-32-71)67(3)29-28-50(80-36-15-30-69)40-47(67)41-60(64)81-37-16-31-70/h20-25,39,42-43,45,47,50,55-57,60-61,64,74H,5-19,26-38,40-41,44,69-71H2,1-4H3,(H,72,77)(H,78,79)/t45?,47?,50-,55?,56+,57+,60-,61+,64?,67+,68-/m1/s1. The molecule has 0 aromatic heterocycles. The number of fused-ring (bicyclic) bond motifs is 7. The number of hydrogen-bond acceptors (Lipinski definition) is 12. The van der Waals surface area contributed by atoms with Gasteiger partial charge in [0.05, 0.1) is 23.9 Å². The maximum Gasteiger partial charge on any atom is 0.336 e. The van der Waals surface area contributed by atoms with Crippen molar-refractivity contribution >= 4 is 28.8 Å². The summed E-state index contributed by atoms with van der Waals surface area (Å²) in [6.45, 7) is 15.9. The van der Waals surface area contributed by atoms with Gasteiger partial charge in [-0.3, -0.25) is 14.4 Å². The molecule has 5 aliphatic carbocycles. The first-order chi connectivity index (χ1) is 40.2. The molecule has 0 spiro atoms. The molecule has 0 radical (unpaired) electrons. The van der Waals surface area contributed by atoms with E-state index in [-0.39, 0.29) is 68.7 Å². The number of aromatic hydroxyl groups is 1. The van der Waals surface area contributed by atoms with Gasteiger partial charge < -0.3 is 56.3 Å². The highest BCUT2D eigenvalue weighted by atomic mass is 16.5. The van der Waals surface area contributed by atoms with E-state index in [1.807, 2.05) is 0 Å². The van der Waals surface area contributed by atoms with Crippen LogP contribution < -0.4 is 27.9 Å². The summed E-state index contributed by atoms with van der Waals surface area (Å²) in [7, 11) is 0. The molecule has 83 heavy (non-hydrogen) atoms. The normalized spacial score (nSPS) is 26.1. The van der Waals surface area contributed by atoms with Crippen LogP contribution >= 0.6 is 0 Å². The predicted molar refractivity (Wildman–Crippen MR) is 329 cm³/mol. The Hall–Kier alpha value is -4.90. The van der Waals surface area contributed by atoms with Crippen LogP contribution in [0.5, 0.6) is 5.75 Å². The molecule has 11 atom stereocenters. The van der Waals surface area contributed by atoms with E-state index in [2.05, 4.69) is 37.9 Å². The first kappa shape index (κ1) is 64.1. The summed E-state index contributed by atoms with van der Waals surface area (Å²) in [5.41, 5.74) is 19.7. The Morgan fingerprint density at radius 2 is 1.47 bits per heavy atom. The van der Waals surface area contributed by atoms with Gasteiger partial charge in [0.15, 0.2) is 5.43 Å². The molecule has 6 aliphatic rings. The Bertz CT molecular complexity index is 2770. The number of unbranched alkanes of at least 4 members (excludes halogenated alkanes) is 7. The zero-order valence-electron chi connectivity index (χ0n) is 50.7. The molecule has 0 saturated heterocycles. The number of ether oxygens (including phenoxy) is 3. The van der Waals surface area contributed by atoms with Crippen LogP contribution in [0.2, 0.25) is 0 Å². The zero-order valence-corrected chi connectivity index (χ0v) is 50.7. The SMILES string of the molecule is CCCCCCCCN(CCCC(C)C1CC[C@H]2C3[C@H](OCCCN)CC4C[C@H](OCCCN)CC[C@]4(C)[C@H]3C[C@H](OCCCN)[C@]12C)C(=O)CCCCCNC(=O)c1ccc(-c2c3ccc(=O)cc-3oc3cc(O)ccc23)c(C(=O)O)c1. The third-order valence-corrected chi connectivity index (χ3v) is 20.5. The second-order valence-corrected chi connectivity index (χ2v) is 25.7. The molecular formula is C68H101N5O10. The minimum atomic E-state index is -1.22. The summed E-state index contributed by atoms with van der Waals surface area (Å²) < 4.78 is 26.6. The van der Waals surface area contributed by atoms with Gasteiger partial charge in [-0.15, -0.1) is 0 Å². The highest BCUT2D eigenvalue weighted by molar-refractivity contribution is 6.09. The number of carbonyl (C=O) groups excluding carboxylic acids is 2. The molecule has 15 heteroatoms. The van der Waals surface area contributed by atoms with Crippen LogP contribution in [-0.4, -0.2) is 110 Å². The van der Waals surface area contributed by atoms with Gasteiger partial charge in [0.25, 0.3) is 5.91 Å². The number of carboxylic acid groups (broad SMARTS) is 1. The van der Waals surface area contributed by atoms with Crippen LogP contribution in [0, 0.1) is 46.3 Å². The van der Waals surface area contributed by atoms with Gasteiger partial charge in [-0.2, -0.15) is 0 Å². The molecule has 458 valence electrons. The molecule has 4 unspecified atom stereocenters. The quantitative estimate of drug-likeness (QED) is 0.0192. The van der Waals surface area contributed by atoms with Crippen LogP contribution in [0.4, 0.5) is 0 Å². The third kappa shape index (κ3) is 15.2. The minimum absolute atomic E-state index is 0.000905. The van der Waals surface area contributed by atoms with E-state index in [4.69, 9.17) is 35.8 Å². The lowest BCUT2D eigenvalue weighted by Crippen LogP contribution is -2.63. The molecule has 8 rings (SSSR count). The number of nitrogens with one attached hydrogen (secondary N) is 1. The molecule has 9 N–H and O–H groups in total. The first-order valence-corrected chi connectivity index (χ1v) is 32.2. The van der Waals surface area contributed by atoms with E-state index in [1.54, 1.807) is 24.3 Å². The summed E-state index contributed by atoms with van der Waals surface area (Å²) in [4.78, 5) is 54.9. The van der Waals surface area contributed by atoms with Gasteiger partial charge in [0.1, 0.15) is 17.1 Å². The van der Waals surface area contributed by atoms with Crippen molar-refractivity contribution in [1.82, 2.24) is 10.2 Å². The summed E-state index contributed by atoms with van der Waals surface area (Å²) >= 11 is 0.